The monoisotopic (exact) mass is 573 g/mol. The quantitative estimate of drug-likeness (QED) is 0.221. The Kier molecular flexibility index (Phi) is 8.14. The highest BCUT2D eigenvalue weighted by atomic mass is 35.5. The SMILES string of the molecule is CCN1CCC(Oc2cccc([C@@H](C)Oc3cc(-c4nc5ccc(Cl)cc5[nH]4)sc3C(=O)OC)c2Cl)CC1. The van der Waals surface area contributed by atoms with E-state index in [1.807, 2.05) is 37.3 Å². The fourth-order valence-electron chi connectivity index (χ4n) is 4.62. The zero-order chi connectivity index (χ0) is 26.8. The highest BCUT2D eigenvalue weighted by Crippen LogP contribution is 2.40. The number of halogens is 2. The number of nitrogens with one attached hydrogen (secondary N) is 1. The molecule has 0 spiro atoms. The number of aromatic nitrogens is 2. The standard InChI is InChI=1S/C28H29Cl2N3O4S/c1-4-33-12-10-18(11-13-33)37-22-7-5-6-19(25(22)30)16(2)36-23-15-24(38-26(23)28(34)35-3)27-31-20-9-8-17(29)14-21(20)32-27/h5-9,14-16,18H,4,10-13H2,1-3H3,(H,31,32)/t16-/m1/s1. The number of nitrogens with zero attached hydrogens (tertiary/aromatic N) is 2. The predicted molar refractivity (Wildman–Crippen MR) is 152 cm³/mol. The Bertz CT molecular complexity index is 1450. The number of thiophene rings is 1. The number of hydrogen-bond donors (Lipinski definition) is 1. The van der Waals surface area contributed by atoms with Gasteiger partial charge in [0.25, 0.3) is 0 Å². The van der Waals surface area contributed by atoms with Crippen LogP contribution in [0.2, 0.25) is 10.0 Å². The van der Waals surface area contributed by atoms with E-state index in [2.05, 4.69) is 21.8 Å². The zero-order valence-electron chi connectivity index (χ0n) is 21.4. The van der Waals surface area contributed by atoms with Crippen LogP contribution in [0.25, 0.3) is 21.7 Å². The Morgan fingerprint density at radius 1 is 1.18 bits per heavy atom. The molecule has 7 nitrogen and oxygen atoms in total. The van der Waals surface area contributed by atoms with E-state index in [1.165, 1.54) is 18.4 Å². The third kappa shape index (κ3) is 5.64. The number of carbonyl (C=O) groups is 1. The van der Waals surface area contributed by atoms with E-state index in [-0.39, 0.29) is 6.10 Å². The van der Waals surface area contributed by atoms with Gasteiger partial charge in [-0.2, -0.15) is 0 Å². The van der Waals surface area contributed by atoms with E-state index in [0.717, 1.165) is 53.9 Å². The van der Waals surface area contributed by atoms with Crippen molar-refractivity contribution in [2.24, 2.45) is 0 Å². The van der Waals surface area contributed by atoms with E-state index in [1.54, 1.807) is 12.1 Å². The number of methoxy groups -OCH3 is 1. The molecule has 200 valence electrons. The van der Waals surface area contributed by atoms with Crippen molar-refractivity contribution in [3.8, 4) is 22.2 Å². The van der Waals surface area contributed by atoms with Gasteiger partial charge in [0.05, 0.1) is 28.0 Å². The summed E-state index contributed by atoms with van der Waals surface area (Å²) in [5, 5.41) is 1.13. The minimum atomic E-state index is -0.482. The number of likely N-dealkylation sites (tertiary alicyclic amines) is 1. The first-order chi connectivity index (χ1) is 18.4. The largest absolute Gasteiger partial charge is 0.489 e. The second kappa shape index (κ2) is 11.5. The maximum Gasteiger partial charge on any atom is 0.351 e. The number of fused-ring (bicyclic) bond motifs is 1. The Labute approximate surface area is 235 Å². The molecule has 38 heavy (non-hydrogen) atoms. The molecule has 5 rings (SSSR count). The minimum Gasteiger partial charge on any atom is -0.489 e. The lowest BCUT2D eigenvalue weighted by Gasteiger charge is -2.31. The molecule has 1 fully saturated rings. The number of H-pyrrole nitrogens is 1. The molecule has 0 saturated carbocycles. The molecule has 1 N–H and O–H groups in total. The lowest BCUT2D eigenvalue weighted by molar-refractivity contribution is 0.0600. The van der Waals surface area contributed by atoms with E-state index in [0.29, 0.717) is 32.2 Å². The molecule has 0 amide bonds. The summed E-state index contributed by atoms with van der Waals surface area (Å²) in [6.45, 7) is 7.17. The maximum atomic E-state index is 12.6. The topological polar surface area (TPSA) is 76.7 Å². The molecule has 0 unspecified atom stereocenters. The van der Waals surface area contributed by atoms with Crippen molar-refractivity contribution in [3.05, 3.63) is 63.0 Å². The van der Waals surface area contributed by atoms with Crippen molar-refractivity contribution >= 4 is 51.5 Å². The van der Waals surface area contributed by atoms with Crippen molar-refractivity contribution in [2.45, 2.75) is 38.9 Å². The fraction of sp³-hybridized carbons (Fsp3) is 0.357. The zero-order valence-corrected chi connectivity index (χ0v) is 23.8. The number of esters is 1. The molecule has 0 radical (unpaired) electrons. The molecule has 1 aliphatic rings. The molecule has 2 aromatic heterocycles. The molecule has 10 heteroatoms. The molecule has 0 aliphatic carbocycles. The maximum absolute atomic E-state index is 12.6. The van der Waals surface area contributed by atoms with Gasteiger partial charge >= 0.3 is 5.97 Å². The lowest BCUT2D eigenvalue weighted by Crippen LogP contribution is -2.38. The summed E-state index contributed by atoms with van der Waals surface area (Å²) >= 11 is 14.2. The van der Waals surface area contributed by atoms with Crippen molar-refractivity contribution in [2.75, 3.05) is 26.7 Å². The van der Waals surface area contributed by atoms with E-state index in [9.17, 15) is 4.79 Å². The summed E-state index contributed by atoms with van der Waals surface area (Å²) in [5.74, 6) is 1.18. The third-order valence-corrected chi connectivity index (χ3v) is 8.50. The summed E-state index contributed by atoms with van der Waals surface area (Å²) in [6, 6.07) is 12.9. The molecular formula is C28H29Cl2N3O4S. The van der Waals surface area contributed by atoms with Crippen molar-refractivity contribution in [3.63, 3.8) is 0 Å². The summed E-state index contributed by atoms with van der Waals surface area (Å²) in [7, 11) is 1.35. The number of aromatic amines is 1. The number of imidazole rings is 1. The number of hydrogen-bond acceptors (Lipinski definition) is 7. The molecular weight excluding hydrogens is 545 g/mol. The summed E-state index contributed by atoms with van der Waals surface area (Å²) in [4.78, 5) is 24.0. The van der Waals surface area contributed by atoms with Crippen LogP contribution in [0.3, 0.4) is 0 Å². The van der Waals surface area contributed by atoms with Crippen LogP contribution in [-0.4, -0.2) is 53.7 Å². The Morgan fingerprint density at radius 2 is 1.97 bits per heavy atom. The first-order valence-corrected chi connectivity index (χ1v) is 14.1. The van der Waals surface area contributed by atoms with Gasteiger partial charge in [-0.3, -0.25) is 0 Å². The first-order valence-electron chi connectivity index (χ1n) is 12.6. The number of rotatable bonds is 8. The number of benzene rings is 2. The van der Waals surface area contributed by atoms with Gasteiger partial charge in [0.2, 0.25) is 0 Å². The normalized spacial score (nSPS) is 15.5. The lowest BCUT2D eigenvalue weighted by atomic mass is 10.1. The second-order valence-corrected chi connectivity index (χ2v) is 11.1. The van der Waals surface area contributed by atoms with Gasteiger partial charge in [0, 0.05) is 29.7 Å². The Hall–Kier alpha value is -2.78. The molecule has 4 aromatic rings. The summed E-state index contributed by atoms with van der Waals surface area (Å²) < 4.78 is 17.6. The second-order valence-electron chi connectivity index (χ2n) is 9.21. The van der Waals surface area contributed by atoms with Crippen molar-refractivity contribution in [1.29, 1.82) is 0 Å². The molecule has 1 saturated heterocycles. The highest BCUT2D eigenvalue weighted by molar-refractivity contribution is 7.17. The van der Waals surface area contributed by atoms with Gasteiger partial charge in [-0.1, -0.05) is 42.3 Å². The van der Waals surface area contributed by atoms with Crippen molar-refractivity contribution in [1.82, 2.24) is 14.9 Å². The molecule has 1 aliphatic heterocycles. The van der Waals surface area contributed by atoms with Crippen LogP contribution in [-0.2, 0) is 4.74 Å². The number of ether oxygens (including phenoxy) is 3. The van der Waals surface area contributed by atoms with Crippen LogP contribution in [0, 0.1) is 0 Å². The summed E-state index contributed by atoms with van der Waals surface area (Å²) in [6.07, 6.45) is 1.61. The molecule has 3 heterocycles. The minimum absolute atomic E-state index is 0.130. The first kappa shape index (κ1) is 26.8. The third-order valence-electron chi connectivity index (χ3n) is 6.76. The summed E-state index contributed by atoms with van der Waals surface area (Å²) in [5.41, 5.74) is 2.36. The Balaban J connectivity index is 1.38. The van der Waals surface area contributed by atoms with Gasteiger partial charge in [-0.15, -0.1) is 11.3 Å². The van der Waals surface area contributed by atoms with Gasteiger partial charge in [-0.05, 0) is 50.6 Å². The van der Waals surface area contributed by atoms with Crippen LogP contribution in [0.1, 0.15) is 48.0 Å². The van der Waals surface area contributed by atoms with Crippen molar-refractivity contribution < 1.29 is 19.0 Å². The van der Waals surface area contributed by atoms with Crippen LogP contribution < -0.4 is 9.47 Å². The molecule has 1 atom stereocenters. The van der Waals surface area contributed by atoms with Crippen LogP contribution >= 0.6 is 34.5 Å². The average Bonchev–Trinajstić information content (AvgIpc) is 3.53. The predicted octanol–water partition coefficient (Wildman–Crippen LogP) is 7.39. The molecule has 0 bridgehead atoms. The van der Waals surface area contributed by atoms with Crippen LogP contribution in [0.5, 0.6) is 11.5 Å². The van der Waals surface area contributed by atoms with Gasteiger partial charge in [0.15, 0.2) is 4.88 Å². The van der Waals surface area contributed by atoms with E-state index < -0.39 is 12.1 Å². The fourth-order valence-corrected chi connectivity index (χ4v) is 6.07. The average molecular weight is 575 g/mol. The van der Waals surface area contributed by atoms with Gasteiger partial charge in [-0.25, -0.2) is 9.78 Å². The number of carbonyl (C=O) groups excluding carboxylic acids is 1. The highest BCUT2D eigenvalue weighted by Gasteiger charge is 2.25. The van der Waals surface area contributed by atoms with E-state index >= 15 is 0 Å². The van der Waals surface area contributed by atoms with Gasteiger partial charge in [0.1, 0.15) is 29.5 Å². The van der Waals surface area contributed by atoms with E-state index in [4.69, 9.17) is 37.4 Å². The Morgan fingerprint density at radius 3 is 2.71 bits per heavy atom. The smallest absolute Gasteiger partial charge is 0.351 e. The number of piperidine rings is 1. The van der Waals surface area contributed by atoms with Gasteiger partial charge < -0.3 is 24.1 Å². The molecule has 2 aromatic carbocycles. The van der Waals surface area contributed by atoms with Crippen LogP contribution in [0.15, 0.2) is 42.5 Å². The van der Waals surface area contributed by atoms with Crippen LogP contribution in [0.4, 0.5) is 0 Å².